The molecule has 7 heteroatoms. The van der Waals surface area contributed by atoms with Gasteiger partial charge < -0.3 is 15.0 Å². The molecule has 1 fully saturated rings. The van der Waals surface area contributed by atoms with Crippen LogP contribution in [0.3, 0.4) is 0 Å². The van der Waals surface area contributed by atoms with Crippen molar-refractivity contribution in [2.45, 2.75) is 32.9 Å². The zero-order valence-corrected chi connectivity index (χ0v) is 15.4. The van der Waals surface area contributed by atoms with Crippen molar-refractivity contribution in [2.24, 2.45) is 0 Å². The van der Waals surface area contributed by atoms with Crippen LogP contribution in [0.2, 0.25) is 0 Å². The molecule has 1 N–H and O–H groups in total. The third-order valence-electron chi connectivity index (χ3n) is 4.82. The number of ether oxygens (including phenoxy) is 1. The molecular formula is C19H24N4O3. The molecule has 1 aliphatic heterocycles. The highest BCUT2D eigenvalue weighted by atomic mass is 16.5. The quantitative estimate of drug-likeness (QED) is 0.883. The molecule has 26 heavy (non-hydrogen) atoms. The number of nitrogens with zero attached hydrogens (tertiary/aromatic N) is 3. The fraction of sp³-hybridized carbons (Fsp3) is 0.421. The normalized spacial score (nSPS) is 16.7. The van der Waals surface area contributed by atoms with E-state index in [0.717, 1.165) is 25.2 Å². The molecule has 3 rings (SSSR count). The predicted molar refractivity (Wildman–Crippen MR) is 101 cm³/mol. The van der Waals surface area contributed by atoms with Crippen molar-refractivity contribution in [3.63, 3.8) is 0 Å². The second-order valence-corrected chi connectivity index (χ2v) is 6.58. The number of carbonyl (C=O) groups is 1. The van der Waals surface area contributed by atoms with Gasteiger partial charge in [-0.15, -0.1) is 0 Å². The lowest BCUT2D eigenvalue weighted by Crippen LogP contribution is -2.29. The largest absolute Gasteiger partial charge is 0.380 e. The summed E-state index contributed by atoms with van der Waals surface area (Å²) in [6.45, 7) is 5.27. The van der Waals surface area contributed by atoms with E-state index in [9.17, 15) is 9.59 Å². The van der Waals surface area contributed by atoms with Crippen LogP contribution in [0.1, 0.15) is 17.7 Å². The van der Waals surface area contributed by atoms with E-state index in [1.165, 1.54) is 10.9 Å². The van der Waals surface area contributed by atoms with E-state index < -0.39 is 0 Å². The Balaban J connectivity index is 1.61. The van der Waals surface area contributed by atoms with E-state index in [1.54, 1.807) is 21.0 Å². The van der Waals surface area contributed by atoms with Crippen LogP contribution >= 0.6 is 0 Å². The van der Waals surface area contributed by atoms with Gasteiger partial charge in [-0.25, -0.2) is 4.98 Å². The average molecular weight is 356 g/mol. The molecule has 1 aliphatic rings. The summed E-state index contributed by atoms with van der Waals surface area (Å²) in [5.74, 6) is -0.259. The molecule has 0 aliphatic carbocycles. The summed E-state index contributed by atoms with van der Waals surface area (Å²) in [5, 5.41) is 2.82. The van der Waals surface area contributed by atoms with Crippen molar-refractivity contribution in [1.82, 2.24) is 9.55 Å². The lowest BCUT2D eigenvalue weighted by Gasteiger charge is -2.18. The Bertz CT molecular complexity index is 845. The number of hydrogen-bond acceptors (Lipinski definition) is 5. The first kappa shape index (κ1) is 18.1. The maximum absolute atomic E-state index is 12.2. The van der Waals surface area contributed by atoms with Gasteiger partial charge in [0.15, 0.2) is 0 Å². The first-order valence-corrected chi connectivity index (χ1v) is 8.68. The zero-order chi connectivity index (χ0) is 18.7. The van der Waals surface area contributed by atoms with Crippen LogP contribution in [-0.4, -0.2) is 41.8 Å². The number of aromatic nitrogens is 2. The topological polar surface area (TPSA) is 76.5 Å². The third-order valence-corrected chi connectivity index (χ3v) is 4.82. The minimum Gasteiger partial charge on any atom is -0.380 e. The first-order chi connectivity index (χ1) is 12.5. The maximum atomic E-state index is 12.2. The predicted octanol–water partition coefficient (Wildman–Crippen LogP) is 1.72. The molecule has 0 unspecified atom stereocenters. The van der Waals surface area contributed by atoms with E-state index in [1.807, 2.05) is 24.3 Å². The van der Waals surface area contributed by atoms with Crippen molar-refractivity contribution < 1.29 is 9.53 Å². The number of nitrogens with one attached hydrogen (secondary N) is 1. The molecule has 1 saturated heterocycles. The summed E-state index contributed by atoms with van der Waals surface area (Å²) < 4.78 is 6.71. The summed E-state index contributed by atoms with van der Waals surface area (Å²) in [4.78, 5) is 30.8. The summed E-state index contributed by atoms with van der Waals surface area (Å²) in [6.07, 6.45) is 2.71. The molecule has 0 radical (unpaired) electrons. The Kier molecular flexibility index (Phi) is 5.37. The van der Waals surface area contributed by atoms with Gasteiger partial charge in [0.25, 0.3) is 5.56 Å². The maximum Gasteiger partial charge on any atom is 0.256 e. The molecule has 1 amide bonds. The van der Waals surface area contributed by atoms with Crippen LogP contribution < -0.4 is 15.8 Å². The smallest absolute Gasteiger partial charge is 0.256 e. The van der Waals surface area contributed by atoms with Gasteiger partial charge in [0.05, 0.1) is 12.4 Å². The number of methoxy groups -OCH3 is 1. The zero-order valence-electron chi connectivity index (χ0n) is 15.4. The van der Waals surface area contributed by atoms with Crippen LogP contribution in [0.25, 0.3) is 0 Å². The second kappa shape index (κ2) is 7.70. The summed E-state index contributed by atoms with van der Waals surface area (Å²) >= 11 is 0. The van der Waals surface area contributed by atoms with Gasteiger partial charge in [-0.05, 0) is 44.5 Å². The molecule has 1 atom stereocenters. The van der Waals surface area contributed by atoms with E-state index in [4.69, 9.17) is 4.74 Å². The molecular weight excluding hydrogens is 332 g/mol. The van der Waals surface area contributed by atoms with Gasteiger partial charge in [0.1, 0.15) is 6.54 Å². The van der Waals surface area contributed by atoms with Crippen molar-refractivity contribution >= 4 is 17.3 Å². The van der Waals surface area contributed by atoms with Gasteiger partial charge in [-0.3, -0.25) is 14.2 Å². The van der Waals surface area contributed by atoms with Crippen molar-refractivity contribution in [3.8, 4) is 0 Å². The average Bonchev–Trinajstić information content (AvgIpc) is 3.12. The lowest BCUT2D eigenvalue weighted by atomic mass is 10.2. The van der Waals surface area contributed by atoms with Gasteiger partial charge in [0.2, 0.25) is 5.91 Å². The first-order valence-electron chi connectivity index (χ1n) is 8.68. The molecule has 1 aromatic carbocycles. The van der Waals surface area contributed by atoms with Crippen LogP contribution in [0.15, 0.2) is 35.4 Å². The summed E-state index contributed by atoms with van der Waals surface area (Å²) in [5.41, 5.74) is 2.86. The number of hydrogen-bond donors (Lipinski definition) is 1. The SMILES string of the molecule is CO[C@@H]1CCN(c2ccc(NC(=O)Cn3cnc(C)c(C)c3=O)cc2)C1. The van der Waals surface area contributed by atoms with E-state index >= 15 is 0 Å². The monoisotopic (exact) mass is 356 g/mol. The Labute approximate surface area is 152 Å². The van der Waals surface area contributed by atoms with Crippen molar-refractivity contribution in [2.75, 3.05) is 30.4 Å². The molecule has 138 valence electrons. The highest BCUT2D eigenvalue weighted by molar-refractivity contribution is 5.90. The van der Waals surface area contributed by atoms with Crippen molar-refractivity contribution in [1.29, 1.82) is 0 Å². The number of carbonyl (C=O) groups excluding carboxylic acids is 1. The van der Waals surface area contributed by atoms with Crippen LogP contribution in [-0.2, 0) is 16.1 Å². The molecule has 7 nitrogen and oxygen atoms in total. The molecule has 1 aromatic heterocycles. The minimum atomic E-state index is -0.259. The number of rotatable bonds is 5. The Morgan fingerprint density at radius 1 is 1.31 bits per heavy atom. The molecule has 2 aromatic rings. The summed E-state index contributed by atoms with van der Waals surface area (Å²) in [7, 11) is 1.74. The molecule has 0 spiro atoms. The lowest BCUT2D eigenvalue weighted by molar-refractivity contribution is -0.116. The van der Waals surface area contributed by atoms with E-state index in [-0.39, 0.29) is 24.1 Å². The number of aryl methyl sites for hydroxylation is 1. The highest BCUT2D eigenvalue weighted by Crippen LogP contribution is 2.23. The second-order valence-electron chi connectivity index (χ2n) is 6.58. The van der Waals surface area contributed by atoms with Gasteiger partial charge >= 0.3 is 0 Å². The Hall–Kier alpha value is -2.67. The van der Waals surface area contributed by atoms with Gasteiger partial charge in [0, 0.05) is 42.8 Å². The van der Waals surface area contributed by atoms with Crippen LogP contribution in [0.5, 0.6) is 0 Å². The Morgan fingerprint density at radius 3 is 2.69 bits per heavy atom. The van der Waals surface area contributed by atoms with Crippen LogP contribution in [0.4, 0.5) is 11.4 Å². The third kappa shape index (κ3) is 3.94. The highest BCUT2D eigenvalue weighted by Gasteiger charge is 2.22. The van der Waals surface area contributed by atoms with Crippen LogP contribution in [0, 0.1) is 13.8 Å². The fourth-order valence-electron chi connectivity index (χ4n) is 3.05. The molecule has 0 bridgehead atoms. The molecule has 0 saturated carbocycles. The Morgan fingerprint density at radius 2 is 2.04 bits per heavy atom. The summed E-state index contributed by atoms with van der Waals surface area (Å²) in [6, 6.07) is 7.71. The number of amides is 1. The van der Waals surface area contributed by atoms with Gasteiger partial charge in [-0.2, -0.15) is 0 Å². The van der Waals surface area contributed by atoms with Crippen molar-refractivity contribution in [3.05, 3.63) is 52.2 Å². The van der Waals surface area contributed by atoms with E-state index in [2.05, 4.69) is 15.2 Å². The minimum absolute atomic E-state index is 0.0592. The number of anilines is 2. The fourth-order valence-corrected chi connectivity index (χ4v) is 3.05. The standard InChI is InChI=1S/C19H24N4O3/c1-13-14(2)20-12-23(19(13)25)11-18(24)21-15-4-6-16(7-5-15)22-9-8-17(10-22)26-3/h4-7,12,17H,8-11H2,1-3H3,(H,21,24)/t17-/m1/s1. The van der Waals surface area contributed by atoms with Gasteiger partial charge in [-0.1, -0.05) is 0 Å². The number of benzene rings is 1. The van der Waals surface area contributed by atoms with E-state index in [0.29, 0.717) is 16.9 Å². The molecule has 2 heterocycles.